The van der Waals surface area contributed by atoms with E-state index in [9.17, 15) is 0 Å². The summed E-state index contributed by atoms with van der Waals surface area (Å²) in [5, 5.41) is 7.02. The van der Waals surface area contributed by atoms with Crippen molar-refractivity contribution < 1.29 is 9.47 Å². The molecule has 2 aromatic carbocycles. The van der Waals surface area contributed by atoms with Crippen molar-refractivity contribution in [1.29, 1.82) is 0 Å². The Bertz CT molecular complexity index is 979. The van der Waals surface area contributed by atoms with Gasteiger partial charge in [0.25, 0.3) is 0 Å². The van der Waals surface area contributed by atoms with Crippen LogP contribution in [-0.4, -0.2) is 24.2 Å². The average Bonchev–Trinajstić information content (AvgIpc) is 2.68. The third-order valence-corrected chi connectivity index (χ3v) is 4.59. The topological polar surface area (TPSA) is 68.3 Å². The van der Waals surface area contributed by atoms with Crippen LogP contribution in [0.3, 0.4) is 0 Å². The fourth-order valence-corrected chi connectivity index (χ4v) is 3.02. The predicted molar refractivity (Wildman–Crippen MR) is 113 cm³/mol. The number of anilines is 3. The van der Waals surface area contributed by atoms with Crippen molar-refractivity contribution in [3.63, 3.8) is 0 Å². The summed E-state index contributed by atoms with van der Waals surface area (Å²) >= 11 is 6.17. The van der Waals surface area contributed by atoms with E-state index in [1.54, 1.807) is 26.4 Å². The Morgan fingerprint density at radius 1 is 0.964 bits per heavy atom. The molecule has 0 atom stereocenters. The van der Waals surface area contributed by atoms with Gasteiger partial charge < -0.3 is 20.1 Å². The average molecular weight is 399 g/mol. The lowest BCUT2D eigenvalue weighted by Gasteiger charge is -2.14. The summed E-state index contributed by atoms with van der Waals surface area (Å²) in [6.45, 7) is 4.70. The molecule has 3 aromatic rings. The highest BCUT2D eigenvalue weighted by molar-refractivity contribution is 6.32. The van der Waals surface area contributed by atoms with Gasteiger partial charge in [-0.1, -0.05) is 35.9 Å². The molecular weight excluding hydrogens is 376 g/mol. The first-order valence-corrected chi connectivity index (χ1v) is 9.20. The number of nitrogens with one attached hydrogen (secondary N) is 2. The number of benzene rings is 2. The minimum atomic E-state index is 0.454. The van der Waals surface area contributed by atoms with Gasteiger partial charge in [-0.3, -0.25) is 0 Å². The van der Waals surface area contributed by atoms with Gasteiger partial charge in [0.05, 0.1) is 24.9 Å². The van der Waals surface area contributed by atoms with Crippen molar-refractivity contribution in [2.45, 2.75) is 20.4 Å². The number of halogens is 1. The van der Waals surface area contributed by atoms with Gasteiger partial charge in [0, 0.05) is 30.4 Å². The zero-order valence-electron chi connectivity index (χ0n) is 16.3. The van der Waals surface area contributed by atoms with Crippen molar-refractivity contribution in [3.8, 4) is 11.5 Å². The van der Waals surface area contributed by atoms with Gasteiger partial charge in [0.1, 0.15) is 17.3 Å². The molecule has 146 valence electrons. The molecule has 3 rings (SSSR count). The highest BCUT2D eigenvalue weighted by atomic mass is 35.5. The Balaban J connectivity index is 1.83. The van der Waals surface area contributed by atoms with Crippen LogP contribution in [0.1, 0.15) is 16.8 Å². The lowest BCUT2D eigenvalue weighted by atomic mass is 10.1. The van der Waals surface area contributed by atoms with Gasteiger partial charge >= 0.3 is 0 Å². The molecule has 0 bridgehead atoms. The molecule has 0 amide bonds. The van der Waals surface area contributed by atoms with Gasteiger partial charge in [-0.25, -0.2) is 4.98 Å². The van der Waals surface area contributed by atoms with Gasteiger partial charge in [-0.05, 0) is 25.0 Å². The first kappa shape index (κ1) is 19.8. The highest BCUT2D eigenvalue weighted by Crippen LogP contribution is 2.37. The molecule has 0 radical (unpaired) electrons. The van der Waals surface area contributed by atoms with Gasteiger partial charge in [-0.2, -0.15) is 4.98 Å². The summed E-state index contributed by atoms with van der Waals surface area (Å²) in [7, 11) is 3.14. The molecule has 0 fully saturated rings. The minimum absolute atomic E-state index is 0.454. The van der Waals surface area contributed by atoms with Gasteiger partial charge in [0.2, 0.25) is 5.95 Å². The quantitative estimate of drug-likeness (QED) is 0.575. The van der Waals surface area contributed by atoms with Crippen LogP contribution in [0.5, 0.6) is 11.5 Å². The van der Waals surface area contributed by atoms with Crippen LogP contribution in [0.2, 0.25) is 5.02 Å². The van der Waals surface area contributed by atoms with Crippen molar-refractivity contribution in [2.75, 3.05) is 24.9 Å². The maximum Gasteiger partial charge on any atom is 0.229 e. The maximum atomic E-state index is 6.17. The van der Waals surface area contributed by atoms with Crippen LogP contribution in [-0.2, 0) is 6.54 Å². The van der Waals surface area contributed by atoms with Gasteiger partial charge in [-0.15, -0.1) is 0 Å². The number of hydrogen-bond acceptors (Lipinski definition) is 6. The summed E-state index contributed by atoms with van der Waals surface area (Å²) in [4.78, 5) is 9.03. The molecule has 0 unspecified atom stereocenters. The van der Waals surface area contributed by atoms with Crippen molar-refractivity contribution in [2.24, 2.45) is 0 Å². The van der Waals surface area contributed by atoms with E-state index in [1.165, 1.54) is 11.1 Å². The fourth-order valence-electron chi connectivity index (χ4n) is 2.79. The number of ether oxygens (including phenoxy) is 2. The van der Waals surface area contributed by atoms with Gasteiger partial charge in [0.15, 0.2) is 0 Å². The number of aromatic nitrogens is 2. The number of nitrogens with zero attached hydrogens (tertiary/aromatic N) is 2. The Morgan fingerprint density at radius 3 is 2.43 bits per heavy atom. The minimum Gasteiger partial charge on any atom is -0.495 e. The van der Waals surface area contributed by atoms with Crippen LogP contribution in [0.25, 0.3) is 0 Å². The Labute approximate surface area is 169 Å². The summed E-state index contributed by atoms with van der Waals surface area (Å²) in [6, 6.07) is 13.6. The largest absolute Gasteiger partial charge is 0.495 e. The van der Waals surface area contributed by atoms with E-state index in [-0.39, 0.29) is 0 Å². The van der Waals surface area contributed by atoms with Crippen molar-refractivity contribution in [1.82, 2.24) is 9.97 Å². The van der Waals surface area contributed by atoms with Crippen LogP contribution < -0.4 is 20.1 Å². The molecule has 0 saturated heterocycles. The molecule has 0 saturated carbocycles. The summed E-state index contributed by atoms with van der Waals surface area (Å²) in [5.41, 5.74) is 3.96. The number of aryl methyl sites for hydroxylation is 2. The molecule has 0 aliphatic carbocycles. The first-order valence-electron chi connectivity index (χ1n) is 8.82. The Kier molecular flexibility index (Phi) is 6.21. The zero-order valence-corrected chi connectivity index (χ0v) is 17.1. The monoisotopic (exact) mass is 398 g/mol. The molecule has 6 nitrogen and oxygen atoms in total. The van der Waals surface area contributed by atoms with E-state index in [1.807, 2.05) is 25.1 Å². The number of hydrogen-bond donors (Lipinski definition) is 2. The van der Waals surface area contributed by atoms with Crippen LogP contribution in [0.15, 0.2) is 42.5 Å². The third-order valence-electron chi connectivity index (χ3n) is 4.30. The lowest BCUT2D eigenvalue weighted by Crippen LogP contribution is -2.07. The van der Waals surface area contributed by atoms with E-state index in [4.69, 9.17) is 21.1 Å². The fraction of sp³-hybridized carbons (Fsp3) is 0.238. The molecule has 2 N–H and O–H groups in total. The van der Waals surface area contributed by atoms with Crippen LogP contribution in [0.4, 0.5) is 17.5 Å². The normalized spacial score (nSPS) is 10.5. The van der Waals surface area contributed by atoms with E-state index in [0.29, 0.717) is 34.7 Å². The van der Waals surface area contributed by atoms with Crippen molar-refractivity contribution in [3.05, 3.63) is 64.3 Å². The number of rotatable bonds is 7. The second-order valence-corrected chi connectivity index (χ2v) is 6.72. The smallest absolute Gasteiger partial charge is 0.229 e. The number of methoxy groups -OCH3 is 2. The van der Waals surface area contributed by atoms with Crippen molar-refractivity contribution >= 4 is 29.1 Å². The molecular formula is C21H23ClN4O2. The summed E-state index contributed by atoms with van der Waals surface area (Å²) in [6.07, 6.45) is 0. The molecule has 7 heteroatoms. The standard InChI is InChI=1S/C21H23ClN4O2/c1-13-7-5-6-8-15(13)12-23-20-9-14(2)24-21(26-20)25-17-11-18(27-3)16(22)10-19(17)28-4/h5-11H,12H2,1-4H3,(H2,23,24,25,26). The summed E-state index contributed by atoms with van der Waals surface area (Å²) in [5.74, 6) is 2.30. The SMILES string of the molecule is COc1cc(Nc2nc(C)cc(NCc3ccccc3C)n2)c(OC)cc1Cl. The molecule has 28 heavy (non-hydrogen) atoms. The molecule has 0 spiro atoms. The van der Waals surface area contributed by atoms with E-state index < -0.39 is 0 Å². The molecule has 0 aliphatic heterocycles. The molecule has 1 aromatic heterocycles. The Hall–Kier alpha value is -2.99. The first-order chi connectivity index (χ1) is 13.5. The maximum absolute atomic E-state index is 6.17. The third kappa shape index (κ3) is 4.64. The van der Waals surface area contributed by atoms with Crippen LogP contribution >= 0.6 is 11.6 Å². The van der Waals surface area contributed by atoms with E-state index in [0.717, 1.165) is 11.5 Å². The van der Waals surface area contributed by atoms with E-state index >= 15 is 0 Å². The highest BCUT2D eigenvalue weighted by Gasteiger charge is 2.12. The second kappa shape index (κ2) is 8.80. The van der Waals surface area contributed by atoms with Crippen LogP contribution in [0, 0.1) is 13.8 Å². The predicted octanol–water partition coefficient (Wildman–Crippen LogP) is 5.12. The molecule has 0 aliphatic rings. The Morgan fingerprint density at radius 2 is 1.71 bits per heavy atom. The summed E-state index contributed by atoms with van der Waals surface area (Å²) < 4.78 is 10.7. The molecule has 1 heterocycles. The lowest BCUT2D eigenvalue weighted by molar-refractivity contribution is 0.405. The zero-order chi connectivity index (χ0) is 20.1. The van der Waals surface area contributed by atoms with E-state index in [2.05, 4.69) is 39.7 Å². The second-order valence-electron chi connectivity index (χ2n) is 6.31.